The minimum atomic E-state index is -4.46. The van der Waals surface area contributed by atoms with Gasteiger partial charge in [0.05, 0.1) is 28.5 Å². The van der Waals surface area contributed by atoms with Crippen LogP contribution in [0.2, 0.25) is 0 Å². The molecule has 0 fully saturated rings. The summed E-state index contributed by atoms with van der Waals surface area (Å²) in [6.07, 6.45) is -2.58. The molecule has 0 amide bonds. The third-order valence-electron chi connectivity index (χ3n) is 7.53. The normalized spacial score (nSPS) is 22.1. The Kier molecular flexibility index (Phi) is 6.98. The number of halogens is 3. The minimum absolute atomic E-state index is 0.283. The van der Waals surface area contributed by atoms with E-state index in [1.54, 1.807) is 6.07 Å². The molecule has 0 aromatic heterocycles. The van der Waals surface area contributed by atoms with Gasteiger partial charge in [0.15, 0.2) is 7.36 Å². The van der Waals surface area contributed by atoms with Crippen LogP contribution in [0.5, 0.6) is 0 Å². The number of nitrogens with zero attached hydrogens (tertiary/aromatic N) is 5. The Labute approximate surface area is 228 Å². The standard InChI is InChI=1S/C30H33F3N5P/c1-6-37(7-2)39(35-23-15-13-14-22(20-23)30(31,32)33)27(21-34-38(39)24-16-9-8-10-17-24)28-29(3,4)25-18-11-12-19-26(25)36(28)5/h8-21H,6-7H2,1-5H3/b28-27+/t39-/m0/s1. The maximum absolute atomic E-state index is 13.7. The maximum Gasteiger partial charge on any atom is 0.416 e. The van der Waals surface area contributed by atoms with Crippen LogP contribution < -0.4 is 9.68 Å². The van der Waals surface area contributed by atoms with E-state index < -0.39 is 19.1 Å². The van der Waals surface area contributed by atoms with Crippen molar-refractivity contribution < 1.29 is 13.2 Å². The number of para-hydroxylation sites is 2. The van der Waals surface area contributed by atoms with E-state index in [1.807, 2.05) is 53.5 Å². The van der Waals surface area contributed by atoms with Gasteiger partial charge < -0.3 is 4.90 Å². The summed E-state index contributed by atoms with van der Waals surface area (Å²) < 4.78 is 50.8. The molecule has 0 bridgehead atoms. The highest BCUT2D eigenvalue weighted by molar-refractivity contribution is 7.71. The van der Waals surface area contributed by atoms with Crippen molar-refractivity contribution in [2.24, 2.45) is 9.85 Å². The van der Waals surface area contributed by atoms with Gasteiger partial charge in [0.2, 0.25) is 0 Å². The Balaban J connectivity index is 1.89. The molecule has 3 aromatic carbocycles. The predicted molar refractivity (Wildman–Crippen MR) is 156 cm³/mol. The molecule has 0 saturated heterocycles. The van der Waals surface area contributed by atoms with E-state index in [1.165, 1.54) is 11.6 Å². The highest BCUT2D eigenvalue weighted by Crippen LogP contribution is 2.70. The smallest absolute Gasteiger partial charge is 0.346 e. The number of allylic oxidation sites excluding steroid dienone is 2. The summed E-state index contributed by atoms with van der Waals surface area (Å²) in [7, 11) is -0.896. The predicted octanol–water partition coefficient (Wildman–Crippen LogP) is 8.86. The molecule has 5 nitrogen and oxygen atoms in total. The average Bonchev–Trinajstić information content (AvgIpc) is 3.37. The molecule has 39 heavy (non-hydrogen) atoms. The first kappa shape index (κ1) is 27.2. The number of rotatable bonds is 5. The van der Waals surface area contributed by atoms with Crippen molar-refractivity contribution in [2.45, 2.75) is 39.3 Å². The lowest BCUT2D eigenvalue weighted by molar-refractivity contribution is -0.137. The van der Waals surface area contributed by atoms with Gasteiger partial charge in [-0.25, -0.2) is 14.2 Å². The molecule has 0 aliphatic carbocycles. The monoisotopic (exact) mass is 551 g/mol. The molecule has 0 unspecified atom stereocenters. The zero-order chi connectivity index (χ0) is 28.0. The molecule has 204 valence electrons. The number of likely N-dealkylation sites (N-methyl/N-ethyl adjacent to an activating group) is 1. The van der Waals surface area contributed by atoms with Crippen LogP contribution in [0.25, 0.3) is 0 Å². The molecule has 2 heterocycles. The van der Waals surface area contributed by atoms with Crippen LogP contribution in [0.4, 0.5) is 30.2 Å². The lowest BCUT2D eigenvalue weighted by atomic mass is 9.84. The molecule has 0 saturated carbocycles. The van der Waals surface area contributed by atoms with Gasteiger partial charge in [-0.1, -0.05) is 70.2 Å². The number of benzene rings is 3. The van der Waals surface area contributed by atoms with Crippen molar-refractivity contribution in [3.63, 3.8) is 0 Å². The topological polar surface area (TPSA) is 34.4 Å². The van der Waals surface area contributed by atoms with Gasteiger partial charge >= 0.3 is 6.18 Å². The zero-order valence-electron chi connectivity index (χ0n) is 22.8. The summed E-state index contributed by atoms with van der Waals surface area (Å²) in [5, 5.41) is 5.89. The molecule has 2 aliphatic rings. The Morgan fingerprint density at radius 1 is 0.923 bits per heavy atom. The van der Waals surface area contributed by atoms with Crippen LogP contribution >= 0.6 is 7.36 Å². The van der Waals surface area contributed by atoms with E-state index in [4.69, 9.17) is 9.85 Å². The third-order valence-corrected chi connectivity index (χ3v) is 11.2. The van der Waals surface area contributed by atoms with E-state index in [2.05, 4.69) is 56.4 Å². The molecule has 0 N–H and O–H groups in total. The highest BCUT2D eigenvalue weighted by atomic mass is 31.2. The van der Waals surface area contributed by atoms with Crippen molar-refractivity contribution in [3.8, 4) is 0 Å². The highest BCUT2D eigenvalue weighted by Gasteiger charge is 2.49. The summed E-state index contributed by atoms with van der Waals surface area (Å²) >= 11 is 0. The Morgan fingerprint density at radius 2 is 1.59 bits per heavy atom. The molecule has 5 rings (SSSR count). The van der Waals surface area contributed by atoms with Crippen molar-refractivity contribution in [1.29, 1.82) is 0 Å². The largest absolute Gasteiger partial charge is 0.416 e. The minimum Gasteiger partial charge on any atom is -0.346 e. The van der Waals surface area contributed by atoms with E-state index in [0.29, 0.717) is 13.1 Å². The fraction of sp³-hybridized carbons (Fsp3) is 0.300. The van der Waals surface area contributed by atoms with Gasteiger partial charge in [-0.15, -0.1) is 0 Å². The van der Waals surface area contributed by atoms with Gasteiger partial charge in [-0.2, -0.15) is 18.3 Å². The third kappa shape index (κ3) is 4.40. The Hall–Kier alpha value is -3.35. The van der Waals surface area contributed by atoms with E-state index in [0.717, 1.165) is 34.5 Å². The second kappa shape index (κ2) is 10.00. The number of anilines is 2. The average molecular weight is 552 g/mol. The van der Waals surface area contributed by atoms with E-state index in [-0.39, 0.29) is 11.1 Å². The van der Waals surface area contributed by atoms with Gasteiger partial charge in [0.25, 0.3) is 0 Å². The second-order valence-electron chi connectivity index (χ2n) is 10.2. The van der Waals surface area contributed by atoms with E-state index in [9.17, 15) is 13.2 Å². The molecule has 1 atom stereocenters. The van der Waals surface area contributed by atoms with Crippen LogP contribution in [0.1, 0.15) is 38.8 Å². The van der Waals surface area contributed by atoms with Crippen molar-refractivity contribution in [2.75, 3.05) is 29.8 Å². The summed E-state index contributed by atoms with van der Waals surface area (Å²) in [5.74, 6) is 0. The van der Waals surface area contributed by atoms with Gasteiger partial charge in [0, 0.05) is 36.9 Å². The number of alkyl halides is 3. The fourth-order valence-corrected chi connectivity index (χ4v) is 9.64. The van der Waals surface area contributed by atoms with Crippen molar-refractivity contribution in [1.82, 2.24) is 4.67 Å². The maximum atomic E-state index is 13.7. The van der Waals surface area contributed by atoms with Gasteiger partial charge in [-0.3, -0.25) is 0 Å². The number of hydrogen-bond donors (Lipinski definition) is 0. The quantitative estimate of drug-likeness (QED) is 0.297. The van der Waals surface area contributed by atoms with Crippen LogP contribution in [0.15, 0.2) is 99.7 Å². The Bertz CT molecular complexity index is 1490. The first-order chi connectivity index (χ1) is 18.6. The summed E-state index contributed by atoms with van der Waals surface area (Å²) in [4.78, 5) is 2.20. The molecule has 2 aliphatic heterocycles. The molecule has 0 radical (unpaired) electrons. The molecule has 0 spiro atoms. The lowest BCUT2D eigenvalue weighted by Crippen LogP contribution is -2.31. The summed E-state index contributed by atoms with van der Waals surface area (Å²) in [6.45, 7) is 9.81. The van der Waals surface area contributed by atoms with Crippen LogP contribution in [-0.2, 0) is 11.6 Å². The van der Waals surface area contributed by atoms with Crippen molar-refractivity contribution >= 4 is 30.6 Å². The molecule has 9 heteroatoms. The first-order valence-corrected chi connectivity index (χ1v) is 14.7. The van der Waals surface area contributed by atoms with Crippen LogP contribution in [0, 0.1) is 0 Å². The number of hydrazone groups is 1. The zero-order valence-corrected chi connectivity index (χ0v) is 23.7. The molecule has 3 aromatic rings. The number of hydrogen-bond acceptors (Lipinski definition) is 3. The molecular weight excluding hydrogens is 518 g/mol. The van der Waals surface area contributed by atoms with Crippen molar-refractivity contribution in [3.05, 3.63) is 101 Å². The SMILES string of the molecule is CCN(CC)[P@@]1(=Nc2cccc(C(F)(F)F)c2)/C(=C2/N(C)c3ccccc3C2(C)C)C=NN1c1ccccc1. The van der Waals surface area contributed by atoms with Gasteiger partial charge in [-0.05, 0) is 42.0 Å². The van der Waals surface area contributed by atoms with E-state index >= 15 is 0 Å². The van der Waals surface area contributed by atoms with Crippen LogP contribution in [0.3, 0.4) is 0 Å². The number of fused-ring (bicyclic) bond motifs is 1. The Morgan fingerprint density at radius 3 is 2.23 bits per heavy atom. The molecular formula is C30H33F3N5P. The van der Waals surface area contributed by atoms with Crippen LogP contribution in [-0.4, -0.2) is 31.0 Å². The fourth-order valence-electron chi connectivity index (χ4n) is 5.76. The second-order valence-corrected chi connectivity index (χ2v) is 12.9. The van der Waals surface area contributed by atoms with Gasteiger partial charge in [0.1, 0.15) is 0 Å². The first-order valence-electron chi connectivity index (χ1n) is 13.1. The lowest BCUT2D eigenvalue weighted by Gasteiger charge is -2.40. The summed E-state index contributed by atoms with van der Waals surface area (Å²) in [5.41, 5.74) is 3.39. The summed E-state index contributed by atoms with van der Waals surface area (Å²) in [6, 6.07) is 23.4.